The molecule has 13 heteroatoms. The molecule has 0 aliphatic heterocycles. The van der Waals surface area contributed by atoms with Gasteiger partial charge in [-0.2, -0.15) is 0 Å². The second-order valence-corrected chi connectivity index (χ2v) is 7.72. The molecule has 1 rings (SSSR count). The summed E-state index contributed by atoms with van der Waals surface area (Å²) in [7, 11) is 0. The molecule has 0 saturated carbocycles. The van der Waals surface area contributed by atoms with Crippen molar-refractivity contribution in [3.63, 3.8) is 0 Å². The van der Waals surface area contributed by atoms with Crippen molar-refractivity contribution in [1.82, 2.24) is 0 Å². The van der Waals surface area contributed by atoms with E-state index < -0.39 is 11.8 Å². The first kappa shape index (κ1) is 67.0. The minimum absolute atomic E-state index is 0.143. The van der Waals surface area contributed by atoms with Crippen LogP contribution in [0.3, 0.4) is 0 Å². The Morgan fingerprint density at radius 1 is 0.617 bits per heavy atom. The zero-order valence-corrected chi connectivity index (χ0v) is 31.6. The van der Waals surface area contributed by atoms with Crippen molar-refractivity contribution in [2.45, 2.75) is 108 Å². The monoisotopic (exact) mass is 693 g/mol. The first-order chi connectivity index (χ1) is 22.2. The number of benzene rings is 1. The summed E-state index contributed by atoms with van der Waals surface area (Å²) < 4.78 is 11.5. The zero-order chi connectivity index (χ0) is 39.4. The third-order valence-electron chi connectivity index (χ3n) is 2.88. The fraction of sp³-hybridized carbons (Fsp3) is 0.735. The fourth-order valence-electron chi connectivity index (χ4n) is 1.63. The molecule has 10 N–H and O–H groups in total. The molecule has 1 unspecified atom stereocenters. The summed E-state index contributed by atoms with van der Waals surface area (Å²) in [5.41, 5.74) is 0.143. The maximum absolute atomic E-state index is 10.8. The third kappa shape index (κ3) is 115. The van der Waals surface area contributed by atoms with Gasteiger partial charge in [-0.3, -0.25) is 0 Å². The summed E-state index contributed by atoms with van der Waals surface area (Å²) in [5.74, 6) is -1.16. The van der Waals surface area contributed by atoms with Gasteiger partial charge in [-0.05, 0) is 87.8 Å². The SMILES string of the molecule is CCCCC(C)(OC=C(C)C(=O)O)Oc1ccccc1.CCO.CCO.CCO.CCO.CCO.CCO.CCO.CCO.CCO. The number of rotatable bonds is 8. The van der Waals surface area contributed by atoms with Gasteiger partial charge in [0.25, 0.3) is 0 Å². The number of unbranched alkanes of at least 4 members (excludes halogenated alkanes) is 1. The van der Waals surface area contributed by atoms with Gasteiger partial charge in [0.2, 0.25) is 5.79 Å². The van der Waals surface area contributed by atoms with Crippen LogP contribution in [0.15, 0.2) is 42.2 Å². The van der Waals surface area contributed by atoms with Crippen LogP contribution < -0.4 is 4.74 Å². The van der Waals surface area contributed by atoms with Gasteiger partial charge in [0, 0.05) is 72.8 Å². The Bertz CT molecular complexity index is 576. The van der Waals surface area contributed by atoms with Crippen LogP contribution in [0.5, 0.6) is 5.75 Å². The molecule has 0 fully saturated rings. The van der Waals surface area contributed by atoms with E-state index in [1.807, 2.05) is 37.3 Å². The summed E-state index contributed by atoms with van der Waals surface area (Å²) >= 11 is 0. The number of aliphatic carboxylic acids is 1. The Morgan fingerprint density at radius 3 is 1.13 bits per heavy atom. The normalized spacial score (nSPS) is 9.60. The van der Waals surface area contributed by atoms with E-state index in [0.29, 0.717) is 12.2 Å². The van der Waals surface area contributed by atoms with Crippen LogP contribution in [0, 0.1) is 0 Å². The number of aliphatic hydroxyl groups excluding tert-OH is 9. The predicted octanol–water partition coefficient (Wildman–Crippen LogP) is 3.96. The molecule has 0 heterocycles. The maximum atomic E-state index is 10.8. The predicted molar refractivity (Wildman–Crippen MR) is 192 cm³/mol. The van der Waals surface area contributed by atoms with E-state index >= 15 is 0 Å². The molecule has 13 nitrogen and oxygen atoms in total. The Hall–Kier alpha value is -2.33. The molecule has 0 aliphatic carbocycles. The van der Waals surface area contributed by atoms with Gasteiger partial charge in [-0.15, -0.1) is 0 Å². The van der Waals surface area contributed by atoms with E-state index in [1.165, 1.54) is 13.2 Å². The highest BCUT2D eigenvalue weighted by Gasteiger charge is 2.27. The van der Waals surface area contributed by atoms with Crippen LogP contribution in [0.25, 0.3) is 0 Å². The van der Waals surface area contributed by atoms with E-state index in [9.17, 15) is 4.79 Å². The molecule has 0 aromatic heterocycles. The Balaban J connectivity index is -0.0000000624. The van der Waals surface area contributed by atoms with Gasteiger partial charge < -0.3 is 60.5 Å². The number of carboxylic acids is 1. The van der Waals surface area contributed by atoms with Crippen LogP contribution in [0.2, 0.25) is 0 Å². The second kappa shape index (κ2) is 74.5. The molecule has 0 bridgehead atoms. The lowest BCUT2D eigenvalue weighted by molar-refractivity contribution is -0.140. The highest BCUT2D eigenvalue weighted by Crippen LogP contribution is 2.25. The molecule has 0 spiro atoms. The minimum Gasteiger partial charge on any atom is -0.478 e. The lowest BCUT2D eigenvalue weighted by atomic mass is 10.1. The molecule has 0 amide bonds. The highest BCUT2D eigenvalue weighted by molar-refractivity contribution is 5.85. The summed E-state index contributed by atoms with van der Waals surface area (Å²) in [4.78, 5) is 10.8. The van der Waals surface area contributed by atoms with Crippen molar-refractivity contribution in [1.29, 1.82) is 0 Å². The summed E-state index contributed by atoms with van der Waals surface area (Å²) in [6.07, 6.45) is 3.88. The average Bonchev–Trinajstić information content (AvgIpc) is 2.99. The number of para-hydroxylation sites is 1. The molecule has 0 aliphatic rings. The number of aliphatic hydroxyl groups is 9. The smallest absolute Gasteiger partial charge is 0.334 e. The van der Waals surface area contributed by atoms with E-state index in [1.54, 1.807) is 62.3 Å². The molecule has 290 valence electrons. The van der Waals surface area contributed by atoms with Crippen molar-refractivity contribution >= 4 is 5.97 Å². The number of carbonyl (C=O) groups is 1. The maximum Gasteiger partial charge on any atom is 0.334 e. The van der Waals surface area contributed by atoms with Crippen LogP contribution in [-0.4, -0.2) is 122 Å². The molecule has 1 aromatic carbocycles. The van der Waals surface area contributed by atoms with Crippen LogP contribution in [0.4, 0.5) is 0 Å². The lowest BCUT2D eigenvalue weighted by Crippen LogP contribution is -2.34. The second-order valence-electron chi connectivity index (χ2n) is 7.72. The molecular formula is C34H76O13. The summed E-state index contributed by atoms with van der Waals surface area (Å²) in [5, 5.41) is 77.0. The van der Waals surface area contributed by atoms with Crippen molar-refractivity contribution < 1.29 is 65.3 Å². The van der Waals surface area contributed by atoms with Gasteiger partial charge in [0.1, 0.15) is 5.75 Å². The van der Waals surface area contributed by atoms with E-state index in [-0.39, 0.29) is 65.0 Å². The highest BCUT2D eigenvalue weighted by atomic mass is 16.7. The minimum atomic E-state index is -0.998. The van der Waals surface area contributed by atoms with Crippen LogP contribution in [0.1, 0.15) is 102 Å². The standard InChI is InChI=1S/C16H22O4.9C2H6O/c1-4-5-11-16(3,19-12-13(2)15(17)18)20-14-9-7-6-8-10-14;9*1-2-3/h6-10,12H,4-5,11H2,1-3H3,(H,17,18);9*3H,2H2,1H3. The van der Waals surface area contributed by atoms with Crippen molar-refractivity contribution in [2.75, 3.05) is 59.5 Å². The van der Waals surface area contributed by atoms with Gasteiger partial charge in [-0.25, -0.2) is 4.79 Å². The van der Waals surface area contributed by atoms with Crippen molar-refractivity contribution in [2.24, 2.45) is 0 Å². The molecule has 0 saturated heterocycles. The first-order valence-electron chi connectivity index (χ1n) is 16.0. The lowest BCUT2D eigenvalue weighted by Gasteiger charge is -2.30. The van der Waals surface area contributed by atoms with Gasteiger partial charge >= 0.3 is 5.97 Å². The first-order valence-corrected chi connectivity index (χ1v) is 16.0. The summed E-state index contributed by atoms with van der Waals surface area (Å²) in [6, 6.07) is 9.37. The van der Waals surface area contributed by atoms with Crippen molar-refractivity contribution in [3.8, 4) is 5.75 Å². The topological polar surface area (TPSA) is 238 Å². The Morgan fingerprint density at radius 2 is 0.894 bits per heavy atom. The number of ether oxygens (including phenoxy) is 2. The quantitative estimate of drug-likeness (QED) is 0.106. The van der Waals surface area contributed by atoms with E-state index in [4.69, 9.17) is 60.5 Å². The Kier molecular flexibility index (Phi) is 106. The van der Waals surface area contributed by atoms with Gasteiger partial charge in [0.15, 0.2) is 0 Å². The number of carboxylic acid groups (broad SMARTS) is 1. The third-order valence-corrected chi connectivity index (χ3v) is 2.88. The molecule has 0 radical (unpaired) electrons. The molecule has 1 aromatic rings. The largest absolute Gasteiger partial charge is 0.478 e. The zero-order valence-electron chi connectivity index (χ0n) is 31.6. The molecule has 1 atom stereocenters. The molecule has 47 heavy (non-hydrogen) atoms. The van der Waals surface area contributed by atoms with Gasteiger partial charge in [0.05, 0.1) is 11.8 Å². The van der Waals surface area contributed by atoms with E-state index in [2.05, 4.69) is 6.92 Å². The molecular weight excluding hydrogens is 616 g/mol. The van der Waals surface area contributed by atoms with Crippen LogP contribution in [-0.2, 0) is 9.53 Å². The fourth-order valence-corrected chi connectivity index (χ4v) is 1.63. The van der Waals surface area contributed by atoms with Gasteiger partial charge in [-0.1, -0.05) is 31.5 Å². The van der Waals surface area contributed by atoms with Crippen molar-refractivity contribution in [3.05, 3.63) is 42.2 Å². The average molecular weight is 693 g/mol. The van der Waals surface area contributed by atoms with E-state index in [0.717, 1.165) is 12.8 Å². The summed E-state index contributed by atoms with van der Waals surface area (Å²) in [6.45, 7) is 22.8. The number of hydrogen-bond acceptors (Lipinski definition) is 12. The Labute approximate surface area is 286 Å². The number of hydrogen-bond donors (Lipinski definition) is 10. The van der Waals surface area contributed by atoms with Crippen LogP contribution >= 0.6 is 0 Å².